The van der Waals surface area contributed by atoms with Crippen molar-refractivity contribution in [2.45, 2.75) is 45.5 Å². The predicted octanol–water partition coefficient (Wildman–Crippen LogP) is 6.33. The van der Waals surface area contributed by atoms with Crippen LogP contribution < -0.4 is 0 Å². The average Bonchev–Trinajstić information content (AvgIpc) is 2.50. The summed E-state index contributed by atoms with van der Waals surface area (Å²) in [6.45, 7) is 6.39. The van der Waals surface area contributed by atoms with Gasteiger partial charge in [-0.05, 0) is 49.9 Å². The van der Waals surface area contributed by atoms with Crippen LogP contribution in [0.15, 0.2) is 36.4 Å². The third-order valence-electron chi connectivity index (χ3n) is 4.60. The molecule has 0 heterocycles. The number of rotatable bonds is 3. The third-order valence-corrected chi connectivity index (χ3v) is 4.60. The molecule has 2 aromatic rings. The molecule has 0 saturated carbocycles. The van der Waals surface area contributed by atoms with Gasteiger partial charge in [-0.3, -0.25) is 0 Å². The smallest absolute Gasteiger partial charge is 0.226 e. The van der Waals surface area contributed by atoms with E-state index in [0.29, 0.717) is 22.3 Å². The molecule has 0 aromatic heterocycles. The molecule has 0 unspecified atom stereocenters. The SMILES string of the molecule is Cc1ccc(C(F)(c2ccc(C)c(C)c2)C(F)(F)C(F)(F)F)cc1C. The van der Waals surface area contributed by atoms with E-state index < -0.39 is 28.9 Å². The average molecular weight is 360 g/mol. The normalized spacial score (nSPS) is 13.2. The Bertz CT molecular complexity index is 737. The number of hydrogen-bond donors (Lipinski definition) is 0. The summed E-state index contributed by atoms with van der Waals surface area (Å²) in [7, 11) is 0. The largest absolute Gasteiger partial charge is 0.457 e. The number of benzene rings is 2. The molecular weight excluding hydrogens is 342 g/mol. The highest BCUT2D eigenvalue weighted by molar-refractivity contribution is 5.45. The minimum Gasteiger partial charge on any atom is -0.226 e. The van der Waals surface area contributed by atoms with Crippen LogP contribution in [0.2, 0.25) is 0 Å². The van der Waals surface area contributed by atoms with Crippen molar-refractivity contribution in [1.29, 1.82) is 0 Å². The molecule has 0 atom stereocenters. The predicted molar refractivity (Wildman–Crippen MR) is 84.7 cm³/mol. The maximum atomic E-state index is 15.7. The Morgan fingerprint density at radius 1 is 0.560 bits per heavy atom. The van der Waals surface area contributed by atoms with Crippen LogP contribution in [0.3, 0.4) is 0 Å². The van der Waals surface area contributed by atoms with Crippen molar-refractivity contribution in [1.82, 2.24) is 0 Å². The molecule has 0 amide bonds. The van der Waals surface area contributed by atoms with Crippen LogP contribution in [-0.2, 0) is 5.67 Å². The highest BCUT2D eigenvalue weighted by Crippen LogP contribution is 2.54. The molecule has 136 valence electrons. The number of halogens is 6. The lowest BCUT2D eigenvalue weighted by atomic mass is 9.80. The molecule has 0 spiro atoms. The Hall–Kier alpha value is -1.98. The summed E-state index contributed by atoms with van der Waals surface area (Å²) in [6.07, 6.45) is -6.04. The highest BCUT2D eigenvalue weighted by atomic mass is 19.4. The highest BCUT2D eigenvalue weighted by Gasteiger charge is 2.72. The zero-order valence-corrected chi connectivity index (χ0v) is 14.2. The van der Waals surface area contributed by atoms with Gasteiger partial charge in [0.25, 0.3) is 0 Å². The second kappa shape index (κ2) is 6.07. The van der Waals surface area contributed by atoms with Gasteiger partial charge in [0.15, 0.2) is 0 Å². The van der Waals surface area contributed by atoms with Gasteiger partial charge >= 0.3 is 12.1 Å². The first-order valence-corrected chi connectivity index (χ1v) is 7.61. The molecule has 0 radical (unpaired) electrons. The molecule has 0 bridgehead atoms. The molecule has 0 aliphatic carbocycles. The van der Waals surface area contributed by atoms with Gasteiger partial charge in [0.1, 0.15) is 0 Å². The summed E-state index contributed by atoms with van der Waals surface area (Å²) in [5.41, 5.74) is -3.27. The van der Waals surface area contributed by atoms with E-state index in [0.717, 1.165) is 24.3 Å². The van der Waals surface area contributed by atoms with Gasteiger partial charge in [-0.15, -0.1) is 0 Å². The van der Waals surface area contributed by atoms with Crippen LogP contribution in [0.4, 0.5) is 26.3 Å². The first-order valence-electron chi connectivity index (χ1n) is 7.61. The van der Waals surface area contributed by atoms with Crippen LogP contribution in [0, 0.1) is 27.7 Å². The second-order valence-corrected chi connectivity index (χ2v) is 6.33. The Kier molecular flexibility index (Phi) is 4.70. The van der Waals surface area contributed by atoms with Crippen LogP contribution in [0.1, 0.15) is 33.4 Å². The quantitative estimate of drug-likeness (QED) is 0.561. The van der Waals surface area contributed by atoms with Crippen molar-refractivity contribution in [2.75, 3.05) is 0 Å². The fraction of sp³-hybridized carbons (Fsp3) is 0.368. The van der Waals surface area contributed by atoms with Crippen molar-refractivity contribution in [3.63, 3.8) is 0 Å². The second-order valence-electron chi connectivity index (χ2n) is 6.33. The Balaban J connectivity index is 2.83. The fourth-order valence-electron chi connectivity index (χ4n) is 2.64. The van der Waals surface area contributed by atoms with Crippen LogP contribution in [0.5, 0.6) is 0 Å². The molecule has 0 aliphatic rings. The first kappa shape index (κ1) is 19.3. The Labute approximate surface area is 142 Å². The molecule has 6 heteroatoms. The van der Waals surface area contributed by atoms with Crippen molar-refractivity contribution in [2.24, 2.45) is 0 Å². The van der Waals surface area contributed by atoms with Gasteiger partial charge in [0, 0.05) is 11.1 Å². The minimum atomic E-state index is -6.04. The van der Waals surface area contributed by atoms with E-state index in [4.69, 9.17) is 0 Å². The third kappa shape index (κ3) is 3.02. The van der Waals surface area contributed by atoms with E-state index in [1.54, 1.807) is 13.8 Å². The minimum absolute atomic E-state index is 0.432. The lowest BCUT2D eigenvalue weighted by molar-refractivity contribution is -0.323. The summed E-state index contributed by atoms with van der Waals surface area (Å²) >= 11 is 0. The van der Waals surface area contributed by atoms with E-state index in [-0.39, 0.29) is 0 Å². The number of hydrogen-bond acceptors (Lipinski definition) is 0. The molecule has 0 aliphatic heterocycles. The van der Waals surface area contributed by atoms with Gasteiger partial charge in [0.05, 0.1) is 0 Å². The standard InChI is InChI=1S/C19H18F6/c1-11-5-7-15(9-13(11)3)17(20,18(21,22)19(23,24)25)16-8-6-12(2)14(4)10-16/h5-10H,1-4H3. The van der Waals surface area contributed by atoms with Gasteiger partial charge in [-0.1, -0.05) is 36.4 Å². The van der Waals surface area contributed by atoms with E-state index in [2.05, 4.69) is 0 Å². The molecule has 2 aromatic carbocycles. The van der Waals surface area contributed by atoms with E-state index in [9.17, 15) is 22.0 Å². The molecular formula is C19H18F6. The van der Waals surface area contributed by atoms with Crippen molar-refractivity contribution in [3.8, 4) is 0 Å². The molecule has 0 saturated heterocycles. The molecule has 25 heavy (non-hydrogen) atoms. The molecule has 2 rings (SSSR count). The van der Waals surface area contributed by atoms with E-state index in [1.807, 2.05) is 0 Å². The Morgan fingerprint density at radius 3 is 1.20 bits per heavy atom. The van der Waals surface area contributed by atoms with Gasteiger partial charge in [-0.25, -0.2) is 4.39 Å². The lowest BCUT2D eigenvalue weighted by Crippen LogP contribution is -2.53. The summed E-state index contributed by atoms with van der Waals surface area (Å²) in [5.74, 6) is -5.59. The van der Waals surface area contributed by atoms with Crippen LogP contribution >= 0.6 is 0 Å². The van der Waals surface area contributed by atoms with Gasteiger partial charge in [0.2, 0.25) is 5.67 Å². The number of aryl methyl sites for hydroxylation is 4. The Morgan fingerprint density at radius 2 is 0.920 bits per heavy atom. The summed E-state index contributed by atoms with van der Waals surface area (Å²) in [5, 5.41) is 0. The van der Waals surface area contributed by atoms with Crippen molar-refractivity contribution >= 4 is 0 Å². The number of alkyl halides is 6. The maximum Gasteiger partial charge on any atom is 0.457 e. The van der Waals surface area contributed by atoms with Gasteiger partial charge < -0.3 is 0 Å². The lowest BCUT2D eigenvalue weighted by Gasteiger charge is -2.36. The molecule has 0 fully saturated rings. The van der Waals surface area contributed by atoms with Crippen molar-refractivity contribution < 1.29 is 26.3 Å². The van der Waals surface area contributed by atoms with Crippen molar-refractivity contribution in [3.05, 3.63) is 69.8 Å². The van der Waals surface area contributed by atoms with E-state index >= 15 is 4.39 Å². The topological polar surface area (TPSA) is 0 Å². The summed E-state index contributed by atoms with van der Waals surface area (Å²) < 4.78 is 83.5. The van der Waals surface area contributed by atoms with Gasteiger partial charge in [-0.2, -0.15) is 22.0 Å². The monoisotopic (exact) mass is 360 g/mol. The molecule has 0 N–H and O–H groups in total. The summed E-state index contributed by atoms with van der Waals surface area (Å²) in [6, 6.07) is 6.74. The van der Waals surface area contributed by atoms with E-state index in [1.165, 1.54) is 26.0 Å². The van der Waals surface area contributed by atoms with Crippen LogP contribution in [0.25, 0.3) is 0 Å². The maximum absolute atomic E-state index is 15.7. The fourth-order valence-corrected chi connectivity index (χ4v) is 2.64. The zero-order valence-electron chi connectivity index (χ0n) is 14.2. The summed E-state index contributed by atoms with van der Waals surface area (Å²) in [4.78, 5) is 0. The first-order chi connectivity index (χ1) is 11.3. The zero-order chi connectivity index (χ0) is 19.2. The molecule has 0 nitrogen and oxygen atoms in total. The van der Waals surface area contributed by atoms with Crippen LogP contribution in [-0.4, -0.2) is 12.1 Å².